The van der Waals surface area contributed by atoms with E-state index in [1.165, 1.54) is 0 Å². The molecule has 0 aromatic heterocycles. The lowest BCUT2D eigenvalue weighted by atomic mass is 10.1. The first kappa shape index (κ1) is 13.8. The third kappa shape index (κ3) is 3.20. The van der Waals surface area contributed by atoms with Crippen molar-refractivity contribution in [2.75, 3.05) is 21.3 Å². The van der Waals surface area contributed by atoms with E-state index in [4.69, 9.17) is 13.3 Å². The van der Waals surface area contributed by atoms with E-state index in [0.29, 0.717) is 5.54 Å². The van der Waals surface area contributed by atoms with E-state index in [-0.39, 0.29) is 0 Å². The Morgan fingerprint density at radius 1 is 1.21 bits per heavy atom. The molecular weight excluding hydrogens is 196 g/mol. The topological polar surface area (TPSA) is 27.7 Å². The summed E-state index contributed by atoms with van der Waals surface area (Å²) < 4.78 is 16.3. The molecule has 0 spiro atoms. The van der Waals surface area contributed by atoms with Gasteiger partial charge in [0.2, 0.25) is 0 Å². The molecule has 3 nitrogen and oxygen atoms in total. The van der Waals surface area contributed by atoms with Crippen molar-refractivity contribution in [1.29, 1.82) is 0 Å². The Labute approximate surface area is 88.4 Å². The van der Waals surface area contributed by atoms with Gasteiger partial charge in [0, 0.05) is 26.9 Å². The summed E-state index contributed by atoms with van der Waals surface area (Å²) in [5, 5.41) is 0. The van der Waals surface area contributed by atoms with E-state index in [1.807, 2.05) is 6.92 Å². The highest BCUT2D eigenvalue weighted by Crippen LogP contribution is 2.32. The van der Waals surface area contributed by atoms with Crippen LogP contribution in [0, 0.1) is 0 Å². The van der Waals surface area contributed by atoms with Gasteiger partial charge in [-0.2, -0.15) is 0 Å². The van der Waals surface area contributed by atoms with Gasteiger partial charge in [-0.1, -0.05) is 12.5 Å². The quantitative estimate of drug-likeness (QED) is 0.485. The van der Waals surface area contributed by atoms with Gasteiger partial charge >= 0.3 is 8.80 Å². The first-order valence-corrected chi connectivity index (χ1v) is 6.66. The molecule has 1 unspecified atom stereocenters. The molecule has 0 radical (unpaired) electrons. The molecule has 0 amide bonds. The van der Waals surface area contributed by atoms with Crippen LogP contribution in [0.4, 0.5) is 0 Å². The summed E-state index contributed by atoms with van der Waals surface area (Å²) in [6, 6.07) is 0. The highest BCUT2D eigenvalue weighted by atomic mass is 28.4. The van der Waals surface area contributed by atoms with Gasteiger partial charge in [0.1, 0.15) is 0 Å². The van der Waals surface area contributed by atoms with E-state index in [2.05, 4.69) is 13.5 Å². The molecule has 0 rings (SSSR count). The summed E-state index contributed by atoms with van der Waals surface area (Å²) in [6.45, 7) is 8.05. The van der Waals surface area contributed by atoms with Crippen LogP contribution < -0.4 is 0 Å². The lowest BCUT2D eigenvalue weighted by Gasteiger charge is -2.31. The Bertz CT molecular complexity index is 170. The van der Waals surface area contributed by atoms with E-state index < -0.39 is 8.80 Å². The SMILES string of the molecule is C=C(C)CC(CC)[Si](OC)(OC)OC. The van der Waals surface area contributed by atoms with Gasteiger partial charge in [0.05, 0.1) is 0 Å². The molecule has 4 heteroatoms. The molecule has 0 aliphatic rings. The maximum Gasteiger partial charge on any atom is 0.503 e. The highest BCUT2D eigenvalue weighted by molar-refractivity contribution is 6.62. The van der Waals surface area contributed by atoms with Gasteiger partial charge < -0.3 is 13.3 Å². The standard InChI is InChI=1S/C10H22O3Si/c1-7-10(8-9(2)3)14(11-4,12-5)13-6/h10H,2,7-8H2,1,3-6H3. The number of allylic oxidation sites excluding steroid dienone is 1. The first-order valence-electron chi connectivity index (χ1n) is 4.86. The molecule has 1 atom stereocenters. The normalized spacial score (nSPS) is 14.1. The lowest BCUT2D eigenvalue weighted by Crippen LogP contribution is -2.47. The van der Waals surface area contributed by atoms with Crippen LogP contribution in [0.25, 0.3) is 0 Å². The first-order chi connectivity index (χ1) is 6.56. The summed E-state index contributed by atoms with van der Waals surface area (Å²) in [4.78, 5) is 0. The second-order valence-corrected chi connectivity index (χ2v) is 6.73. The number of hydrogen-bond donors (Lipinski definition) is 0. The van der Waals surface area contributed by atoms with E-state index >= 15 is 0 Å². The molecule has 0 bridgehead atoms. The highest BCUT2D eigenvalue weighted by Gasteiger charge is 2.45. The molecule has 0 saturated heterocycles. The van der Waals surface area contributed by atoms with Crippen molar-refractivity contribution >= 4 is 8.80 Å². The summed E-state index contributed by atoms with van der Waals surface area (Å²) >= 11 is 0. The predicted octanol–water partition coefficient (Wildman–Crippen LogP) is 2.61. The largest absolute Gasteiger partial charge is 0.503 e. The Balaban J connectivity index is 4.64. The van der Waals surface area contributed by atoms with Crippen molar-refractivity contribution < 1.29 is 13.3 Å². The average molecular weight is 218 g/mol. The number of rotatable bonds is 7. The summed E-state index contributed by atoms with van der Waals surface area (Å²) in [7, 11) is 2.49. The van der Waals surface area contributed by atoms with Crippen molar-refractivity contribution in [3.63, 3.8) is 0 Å². The monoisotopic (exact) mass is 218 g/mol. The molecule has 0 aliphatic heterocycles. The fourth-order valence-electron chi connectivity index (χ4n) is 1.69. The maximum atomic E-state index is 5.44. The predicted molar refractivity (Wildman–Crippen MR) is 60.3 cm³/mol. The van der Waals surface area contributed by atoms with Crippen molar-refractivity contribution in [2.45, 2.75) is 32.2 Å². The van der Waals surface area contributed by atoms with E-state index in [0.717, 1.165) is 18.4 Å². The summed E-state index contributed by atoms with van der Waals surface area (Å²) in [5.41, 5.74) is 1.44. The second kappa shape index (κ2) is 6.34. The zero-order valence-electron chi connectivity index (χ0n) is 9.92. The maximum absolute atomic E-state index is 5.44. The Kier molecular flexibility index (Phi) is 6.27. The molecule has 0 N–H and O–H groups in total. The van der Waals surface area contributed by atoms with Crippen molar-refractivity contribution in [3.8, 4) is 0 Å². The van der Waals surface area contributed by atoms with Crippen LogP contribution in [0.15, 0.2) is 12.2 Å². The van der Waals surface area contributed by atoms with Crippen LogP contribution >= 0.6 is 0 Å². The molecule has 0 fully saturated rings. The van der Waals surface area contributed by atoms with Crippen molar-refractivity contribution in [3.05, 3.63) is 12.2 Å². The molecule has 14 heavy (non-hydrogen) atoms. The van der Waals surface area contributed by atoms with Gasteiger partial charge in [-0.15, -0.1) is 6.58 Å². The Morgan fingerprint density at radius 3 is 1.86 bits per heavy atom. The lowest BCUT2D eigenvalue weighted by molar-refractivity contribution is 0.110. The van der Waals surface area contributed by atoms with Crippen LogP contribution in [0.1, 0.15) is 26.7 Å². The van der Waals surface area contributed by atoms with Crippen molar-refractivity contribution in [1.82, 2.24) is 0 Å². The van der Waals surface area contributed by atoms with Crippen LogP contribution in [-0.2, 0) is 13.3 Å². The number of hydrogen-bond acceptors (Lipinski definition) is 3. The molecule has 0 aromatic carbocycles. The Morgan fingerprint density at radius 2 is 1.64 bits per heavy atom. The molecular formula is C10H22O3Si. The zero-order valence-corrected chi connectivity index (χ0v) is 10.9. The third-order valence-corrected chi connectivity index (χ3v) is 5.76. The zero-order chi connectivity index (χ0) is 11.2. The van der Waals surface area contributed by atoms with Gasteiger partial charge in [-0.05, 0) is 19.8 Å². The van der Waals surface area contributed by atoms with Crippen molar-refractivity contribution in [2.24, 2.45) is 0 Å². The third-order valence-electron chi connectivity index (χ3n) is 2.44. The molecule has 0 aliphatic carbocycles. The minimum Gasteiger partial charge on any atom is -0.377 e. The minimum absolute atomic E-state index is 0.306. The summed E-state index contributed by atoms with van der Waals surface area (Å²) in [6.07, 6.45) is 1.88. The average Bonchev–Trinajstić information content (AvgIpc) is 2.19. The smallest absolute Gasteiger partial charge is 0.377 e. The van der Waals surface area contributed by atoms with Gasteiger partial charge in [0.25, 0.3) is 0 Å². The van der Waals surface area contributed by atoms with Crippen LogP contribution in [0.3, 0.4) is 0 Å². The minimum atomic E-state index is -2.47. The fraction of sp³-hybridized carbons (Fsp3) is 0.800. The van der Waals surface area contributed by atoms with Crippen LogP contribution in [-0.4, -0.2) is 30.1 Å². The molecule has 0 aromatic rings. The van der Waals surface area contributed by atoms with Crippen LogP contribution in [0.2, 0.25) is 5.54 Å². The molecule has 84 valence electrons. The summed E-state index contributed by atoms with van der Waals surface area (Å²) in [5.74, 6) is 0. The molecule has 0 heterocycles. The molecule has 0 saturated carbocycles. The second-order valence-electron chi connectivity index (χ2n) is 3.48. The Hall–Kier alpha value is -0.163. The van der Waals surface area contributed by atoms with Crippen LogP contribution in [0.5, 0.6) is 0 Å². The van der Waals surface area contributed by atoms with Gasteiger partial charge in [-0.3, -0.25) is 0 Å². The van der Waals surface area contributed by atoms with Gasteiger partial charge in [-0.25, -0.2) is 0 Å². The van der Waals surface area contributed by atoms with E-state index in [1.54, 1.807) is 21.3 Å². The fourth-order valence-corrected chi connectivity index (χ4v) is 4.29. The van der Waals surface area contributed by atoms with Gasteiger partial charge in [0.15, 0.2) is 0 Å². The van der Waals surface area contributed by atoms with E-state index in [9.17, 15) is 0 Å².